The number of thiocarbonyl (C=S) groups is 1. The Morgan fingerprint density at radius 3 is 2.64 bits per heavy atom. The Morgan fingerprint density at radius 2 is 2.03 bits per heavy atom. The Morgan fingerprint density at radius 1 is 1.24 bits per heavy atom. The summed E-state index contributed by atoms with van der Waals surface area (Å²) >= 11 is 7.52. The minimum Gasteiger partial charge on any atom is -0.494 e. The van der Waals surface area contributed by atoms with Gasteiger partial charge in [0, 0.05) is 28.2 Å². The number of hydrogen-bond donors (Lipinski definition) is 2. The van der Waals surface area contributed by atoms with Gasteiger partial charge in [0.2, 0.25) is 5.91 Å². The lowest BCUT2D eigenvalue weighted by molar-refractivity contribution is -0.123. The lowest BCUT2D eigenvalue weighted by atomic mass is 9.95. The highest BCUT2D eigenvalue weighted by molar-refractivity contribution is 7.80. The zero-order valence-corrected chi connectivity index (χ0v) is 21.0. The molecule has 172 valence electrons. The summed E-state index contributed by atoms with van der Waals surface area (Å²) in [6.45, 7) is 7.75. The summed E-state index contributed by atoms with van der Waals surface area (Å²) in [5.74, 6) is 0.505. The van der Waals surface area contributed by atoms with Crippen LogP contribution in [0.15, 0.2) is 54.0 Å². The van der Waals surface area contributed by atoms with Crippen molar-refractivity contribution in [3.63, 3.8) is 0 Å². The fraction of sp³-hybridized carbons (Fsp3) is 0.320. The summed E-state index contributed by atoms with van der Waals surface area (Å²) in [4.78, 5) is 20.5. The standard InChI is InChI=1S/C25H28N4O2S2/c1-15-11-13-33-22(15)21-20(18-8-6-7-12-26-18)28-24(32)29(21)16-9-10-17(19(14-16)31-5)27-23(30)25(2,3)4/h6-14,20-21H,1-5H3,(H,27,30)(H,28,32)/t20-,21-/m1/s1. The van der Waals surface area contributed by atoms with Gasteiger partial charge in [-0.2, -0.15) is 0 Å². The zero-order chi connectivity index (χ0) is 23.8. The third kappa shape index (κ3) is 4.58. The summed E-state index contributed by atoms with van der Waals surface area (Å²) in [5.41, 5.74) is 3.14. The molecule has 6 nitrogen and oxygen atoms in total. The van der Waals surface area contributed by atoms with E-state index in [1.165, 1.54) is 10.4 Å². The average Bonchev–Trinajstić information content (AvgIpc) is 3.36. The lowest BCUT2D eigenvalue weighted by Crippen LogP contribution is -2.30. The molecule has 2 aromatic heterocycles. The van der Waals surface area contributed by atoms with E-state index in [1.54, 1.807) is 24.6 Å². The first-order chi connectivity index (χ1) is 15.7. The monoisotopic (exact) mass is 480 g/mol. The number of aromatic nitrogens is 1. The maximum absolute atomic E-state index is 12.5. The van der Waals surface area contributed by atoms with Crippen LogP contribution in [0.2, 0.25) is 0 Å². The molecule has 33 heavy (non-hydrogen) atoms. The largest absolute Gasteiger partial charge is 0.494 e. The third-order valence-electron chi connectivity index (χ3n) is 5.66. The number of methoxy groups -OCH3 is 1. The van der Waals surface area contributed by atoms with Crippen molar-refractivity contribution < 1.29 is 9.53 Å². The van der Waals surface area contributed by atoms with Gasteiger partial charge in [0.05, 0.1) is 30.6 Å². The molecule has 0 bridgehead atoms. The van der Waals surface area contributed by atoms with Crippen LogP contribution in [0.1, 0.15) is 49.0 Å². The van der Waals surface area contributed by atoms with Crippen LogP contribution in [0.4, 0.5) is 11.4 Å². The van der Waals surface area contributed by atoms with Crippen LogP contribution < -0.4 is 20.3 Å². The van der Waals surface area contributed by atoms with Gasteiger partial charge in [-0.15, -0.1) is 11.3 Å². The summed E-state index contributed by atoms with van der Waals surface area (Å²) in [6.07, 6.45) is 1.80. The molecule has 1 fully saturated rings. The summed E-state index contributed by atoms with van der Waals surface area (Å²) < 4.78 is 5.64. The molecule has 3 heterocycles. The molecular formula is C25H28N4O2S2. The zero-order valence-electron chi connectivity index (χ0n) is 19.4. The van der Waals surface area contributed by atoms with Crippen LogP contribution in [0.3, 0.4) is 0 Å². The van der Waals surface area contributed by atoms with E-state index in [4.69, 9.17) is 17.0 Å². The molecule has 0 unspecified atom stereocenters. The van der Waals surface area contributed by atoms with Gasteiger partial charge < -0.3 is 20.3 Å². The third-order valence-corrected chi connectivity index (χ3v) is 7.07. The van der Waals surface area contributed by atoms with Crippen molar-refractivity contribution in [2.45, 2.75) is 39.8 Å². The van der Waals surface area contributed by atoms with Crippen molar-refractivity contribution in [2.24, 2.45) is 5.41 Å². The Labute approximate surface area is 204 Å². The van der Waals surface area contributed by atoms with Gasteiger partial charge in [-0.05, 0) is 60.4 Å². The van der Waals surface area contributed by atoms with Gasteiger partial charge in [0.15, 0.2) is 5.11 Å². The van der Waals surface area contributed by atoms with Gasteiger partial charge in [-0.3, -0.25) is 9.78 Å². The van der Waals surface area contributed by atoms with Crippen molar-refractivity contribution in [1.82, 2.24) is 10.3 Å². The van der Waals surface area contributed by atoms with Gasteiger partial charge in [0.1, 0.15) is 5.75 Å². The number of anilines is 2. The van der Waals surface area contributed by atoms with Crippen molar-refractivity contribution in [3.8, 4) is 5.75 Å². The molecule has 2 atom stereocenters. The maximum Gasteiger partial charge on any atom is 0.229 e. The highest BCUT2D eigenvalue weighted by Gasteiger charge is 2.42. The first-order valence-electron chi connectivity index (χ1n) is 10.7. The number of rotatable bonds is 5. The topological polar surface area (TPSA) is 66.5 Å². The molecule has 1 saturated heterocycles. The minimum atomic E-state index is -0.512. The molecule has 1 amide bonds. The van der Waals surface area contributed by atoms with Crippen molar-refractivity contribution >= 4 is 45.9 Å². The number of amides is 1. The van der Waals surface area contributed by atoms with Crippen LogP contribution >= 0.6 is 23.6 Å². The second-order valence-electron chi connectivity index (χ2n) is 9.05. The summed E-state index contributed by atoms with van der Waals surface area (Å²) in [7, 11) is 1.60. The van der Waals surface area contributed by atoms with Crippen LogP contribution in [-0.2, 0) is 4.79 Å². The number of pyridine rings is 1. The maximum atomic E-state index is 12.5. The number of ether oxygens (including phenoxy) is 1. The number of thiophene rings is 1. The van der Waals surface area contributed by atoms with E-state index in [1.807, 2.05) is 57.2 Å². The van der Waals surface area contributed by atoms with Crippen molar-refractivity contribution in [1.29, 1.82) is 0 Å². The quantitative estimate of drug-likeness (QED) is 0.462. The van der Waals surface area contributed by atoms with E-state index in [-0.39, 0.29) is 18.0 Å². The van der Waals surface area contributed by atoms with Crippen molar-refractivity contribution in [3.05, 3.63) is 70.2 Å². The van der Waals surface area contributed by atoms with E-state index in [0.717, 1.165) is 11.4 Å². The average molecular weight is 481 g/mol. The van der Waals surface area contributed by atoms with Gasteiger partial charge in [-0.25, -0.2) is 0 Å². The summed E-state index contributed by atoms with van der Waals surface area (Å²) in [5, 5.41) is 9.18. The molecule has 8 heteroatoms. The van der Waals surface area contributed by atoms with Gasteiger partial charge in [-0.1, -0.05) is 26.8 Å². The second-order valence-corrected chi connectivity index (χ2v) is 10.4. The Hall–Kier alpha value is -2.97. The molecule has 4 rings (SSSR count). The highest BCUT2D eigenvalue weighted by atomic mass is 32.1. The molecule has 1 aliphatic rings. The molecule has 0 radical (unpaired) electrons. The van der Waals surface area contributed by atoms with Crippen molar-refractivity contribution in [2.75, 3.05) is 17.3 Å². The summed E-state index contributed by atoms with van der Waals surface area (Å²) in [6, 6.07) is 13.6. The van der Waals surface area contributed by atoms with Crippen LogP contribution in [0.5, 0.6) is 5.75 Å². The first-order valence-corrected chi connectivity index (χ1v) is 12.0. The molecule has 1 aromatic carbocycles. The number of nitrogens with one attached hydrogen (secondary N) is 2. The van der Waals surface area contributed by atoms with E-state index in [0.29, 0.717) is 16.5 Å². The fourth-order valence-corrected chi connectivity index (χ4v) is 5.23. The fourth-order valence-electron chi connectivity index (χ4n) is 3.83. The Bertz CT molecular complexity index is 1170. The number of hydrogen-bond acceptors (Lipinski definition) is 5. The SMILES string of the molecule is COc1cc(N2C(=S)N[C@H](c3ccccn3)[C@@H]2c2sccc2C)ccc1NC(=O)C(C)(C)C. The smallest absolute Gasteiger partial charge is 0.229 e. The minimum absolute atomic E-state index is 0.0628. The predicted octanol–water partition coefficient (Wildman–Crippen LogP) is 5.62. The first kappa shape index (κ1) is 23.2. The molecule has 0 aliphatic carbocycles. The molecule has 0 saturated carbocycles. The van der Waals surface area contributed by atoms with Crippen LogP contribution in [0, 0.1) is 12.3 Å². The number of carbonyl (C=O) groups is 1. The van der Waals surface area contributed by atoms with Crippen LogP contribution in [0.25, 0.3) is 0 Å². The molecule has 3 aromatic rings. The molecule has 1 aliphatic heterocycles. The Kier molecular flexibility index (Phi) is 6.41. The number of benzene rings is 1. The van der Waals surface area contributed by atoms with E-state index in [2.05, 4.69) is 38.9 Å². The number of aryl methyl sites for hydroxylation is 1. The highest BCUT2D eigenvalue weighted by Crippen LogP contribution is 2.45. The normalized spacial score (nSPS) is 18.2. The van der Waals surface area contributed by atoms with E-state index < -0.39 is 5.41 Å². The molecule has 0 spiro atoms. The predicted molar refractivity (Wildman–Crippen MR) is 138 cm³/mol. The molecular weight excluding hydrogens is 452 g/mol. The number of carbonyl (C=O) groups excluding carboxylic acids is 1. The molecule has 2 N–H and O–H groups in total. The Balaban J connectivity index is 1.75. The lowest BCUT2D eigenvalue weighted by Gasteiger charge is -2.28. The van der Waals surface area contributed by atoms with Gasteiger partial charge >= 0.3 is 0 Å². The van der Waals surface area contributed by atoms with E-state index >= 15 is 0 Å². The van der Waals surface area contributed by atoms with E-state index in [9.17, 15) is 4.79 Å². The van der Waals surface area contributed by atoms with Crippen LogP contribution in [-0.4, -0.2) is 23.1 Å². The number of nitrogens with zero attached hydrogens (tertiary/aromatic N) is 2. The second kappa shape index (κ2) is 9.11. The van der Waals surface area contributed by atoms with Gasteiger partial charge in [0.25, 0.3) is 0 Å².